The maximum absolute atomic E-state index is 12.3. The molecule has 0 bridgehead atoms. The van der Waals surface area contributed by atoms with Gasteiger partial charge in [0.2, 0.25) is 11.2 Å². The molecule has 1 atom stereocenters. The molecule has 1 fully saturated rings. The quantitative estimate of drug-likeness (QED) is 0.849. The maximum atomic E-state index is 12.3. The van der Waals surface area contributed by atoms with E-state index in [0.29, 0.717) is 25.6 Å². The average Bonchev–Trinajstić information content (AvgIpc) is 2.41. The third-order valence-electron chi connectivity index (χ3n) is 3.05. The molecule has 1 N–H and O–H groups in total. The van der Waals surface area contributed by atoms with Crippen molar-refractivity contribution in [2.75, 3.05) is 24.7 Å². The van der Waals surface area contributed by atoms with Crippen molar-refractivity contribution in [2.45, 2.75) is 32.9 Å². The predicted octanol–water partition coefficient (Wildman–Crippen LogP) is 1.17. The molecular weight excluding hydrogens is 280 g/mol. The van der Waals surface area contributed by atoms with Gasteiger partial charge in [-0.2, -0.15) is 0 Å². The number of nitrogens with one attached hydrogen (secondary N) is 1. The Morgan fingerprint density at radius 1 is 1.60 bits per heavy atom. The molecule has 0 saturated carbocycles. The van der Waals surface area contributed by atoms with Crippen LogP contribution < -0.4 is 10.2 Å². The number of ether oxygens (including phenoxy) is 1. The first-order valence-corrected chi connectivity index (χ1v) is 7.00. The Morgan fingerprint density at radius 2 is 2.35 bits per heavy atom. The molecular formula is C13H19ClN4O2. The monoisotopic (exact) mass is 298 g/mol. The number of morpholine rings is 1. The van der Waals surface area contributed by atoms with E-state index in [0.717, 1.165) is 5.56 Å². The highest BCUT2D eigenvalue weighted by Gasteiger charge is 2.31. The fraction of sp³-hybridized carbons (Fsp3) is 0.615. The van der Waals surface area contributed by atoms with E-state index in [-0.39, 0.29) is 17.2 Å². The number of hydrogen-bond donors (Lipinski definition) is 1. The number of carbonyl (C=O) groups excluding carboxylic acids is 1. The molecule has 6 nitrogen and oxygen atoms in total. The van der Waals surface area contributed by atoms with E-state index in [9.17, 15) is 4.79 Å². The van der Waals surface area contributed by atoms with Crippen LogP contribution >= 0.6 is 11.6 Å². The molecule has 0 aromatic carbocycles. The highest BCUT2D eigenvalue weighted by atomic mass is 35.5. The Hall–Kier alpha value is -1.40. The van der Waals surface area contributed by atoms with Crippen LogP contribution in [0.3, 0.4) is 0 Å². The first kappa shape index (κ1) is 15.0. The molecule has 1 aliphatic rings. The number of rotatable bonds is 3. The molecule has 1 aromatic heterocycles. The first-order valence-electron chi connectivity index (χ1n) is 6.63. The molecule has 2 rings (SSSR count). The van der Waals surface area contributed by atoms with Crippen molar-refractivity contribution < 1.29 is 9.53 Å². The van der Waals surface area contributed by atoms with Crippen LogP contribution in [0.15, 0.2) is 6.20 Å². The van der Waals surface area contributed by atoms with Gasteiger partial charge in [0.15, 0.2) is 0 Å². The summed E-state index contributed by atoms with van der Waals surface area (Å²) in [6.45, 7) is 7.27. The van der Waals surface area contributed by atoms with Crippen molar-refractivity contribution >= 4 is 23.3 Å². The summed E-state index contributed by atoms with van der Waals surface area (Å²) in [4.78, 5) is 22.4. The second-order valence-corrected chi connectivity index (χ2v) is 5.43. The van der Waals surface area contributed by atoms with Crippen LogP contribution in [0.2, 0.25) is 5.28 Å². The molecule has 7 heteroatoms. The number of hydrogen-bond acceptors (Lipinski definition) is 5. The molecule has 110 valence electrons. The number of anilines is 1. The molecule has 1 amide bonds. The van der Waals surface area contributed by atoms with Crippen molar-refractivity contribution in [3.63, 3.8) is 0 Å². The van der Waals surface area contributed by atoms with Gasteiger partial charge in [-0.25, -0.2) is 9.97 Å². The zero-order chi connectivity index (χ0) is 14.7. The van der Waals surface area contributed by atoms with Gasteiger partial charge >= 0.3 is 0 Å². The molecule has 1 saturated heterocycles. The smallest absolute Gasteiger partial charge is 0.245 e. The lowest BCUT2D eigenvalue weighted by molar-refractivity contribution is -0.125. The summed E-state index contributed by atoms with van der Waals surface area (Å²) < 4.78 is 5.43. The zero-order valence-corrected chi connectivity index (χ0v) is 12.6. The normalized spacial score (nSPS) is 19.2. The Kier molecular flexibility index (Phi) is 4.77. The molecule has 1 unspecified atom stereocenters. The molecule has 0 radical (unpaired) electrons. The number of carbonyl (C=O) groups is 1. The molecule has 0 aliphatic carbocycles. The van der Waals surface area contributed by atoms with E-state index in [4.69, 9.17) is 16.3 Å². The fourth-order valence-corrected chi connectivity index (χ4v) is 2.29. The number of halogens is 1. The van der Waals surface area contributed by atoms with Gasteiger partial charge in [-0.1, -0.05) is 0 Å². The van der Waals surface area contributed by atoms with Crippen molar-refractivity contribution in [1.82, 2.24) is 15.3 Å². The number of nitrogens with zero attached hydrogens (tertiary/aromatic N) is 3. The van der Waals surface area contributed by atoms with Crippen molar-refractivity contribution in [3.05, 3.63) is 17.0 Å². The van der Waals surface area contributed by atoms with Gasteiger partial charge in [0.25, 0.3) is 0 Å². The van der Waals surface area contributed by atoms with Crippen LogP contribution in [0.25, 0.3) is 0 Å². The van der Waals surface area contributed by atoms with E-state index >= 15 is 0 Å². The molecule has 0 spiro atoms. The summed E-state index contributed by atoms with van der Waals surface area (Å²) in [5, 5.41) is 3.09. The van der Waals surface area contributed by atoms with Crippen LogP contribution in [0, 0.1) is 6.92 Å². The summed E-state index contributed by atoms with van der Waals surface area (Å²) in [5.41, 5.74) is 0.888. The van der Waals surface area contributed by atoms with Gasteiger partial charge in [-0.05, 0) is 32.4 Å². The van der Waals surface area contributed by atoms with Crippen molar-refractivity contribution in [3.8, 4) is 0 Å². The standard InChI is InChI=1S/C13H19ClN4O2/c1-8(2)16-12(19)10-7-20-5-4-18(10)11-9(3)6-15-13(14)17-11/h6,8,10H,4-5,7H2,1-3H3,(H,16,19). The highest BCUT2D eigenvalue weighted by molar-refractivity contribution is 6.28. The van der Waals surface area contributed by atoms with E-state index in [1.807, 2.05) is 25.7 Å². The molecule has 2 heterocycles. The largest absolute Gasteiger partial charge is 0.377 e. The van der Waals surface area contributed by atoms with E-state index < -0.39 is 6.04 Å². The minimum atomic E-state index is -0.393. The van der Waals surface area contributed by atoms with Gasteiger partial charge in [-0.15, -0.1) is 0 Å². The lowest BCUT2D eigenvalue weighted by Crippen LogP contribution is -2.55. The van der Waals surface area contributed by atoms with E-state index in [1.54, 1.807) is 6.20 Å². The molecule has 1 aliphatic heterocycles. The van der Waals surface area contributed by atoms with Gasteiger partial charge in [-0.3, -0.25) is 4.79 Å². The highest BCUT2D eigenvalue weighted by Crippen LogP contribution is 2.22. The van der Waals surface area contributed by atoms with E-state index in [2.05, 4.69) is 15.3 Å². The number of aromatic nitrogens is 2. The second-order valence-electron chi connectivity index (χ2n) is 5.09. The topological polar surface area (TPSA) is 67.3 Å². The SMILES string of the molecule is Cc1cnc(Cl)nc1N1CCOCC1C(=O)NC(C)C. The van der Waals surface area contributed by atoms with E-state index in [1.165, 1.54) is 0 Å². The summed E-state index contributed by atoms with van der Waals surface area (Å²) in [6.07, 6.45) is 1.66. The summed E-state index contributed by atoms with van der Waals surface area (Å²) in [7, 11) is 0. The van der Waals surface area contributed by atoms with Gasteiger partial charge < -0.3 is 15.0 Å². The second kappa shape index (κ2) is 6.37. The fourth-order valence-electron chi connectivity index (χ4n) is 2.16. The van der Waals surface area contributed by atoms with Crippen LogP contribution in [-0.2, 0) is 9.53 Å². The van der Waals surface area contributed by atoms with Crippen LogP contribution in [0.1, 0.15) is 19.4 Å². The predicted molar refractivity (Wildman–Crippen MR) is 77.0 cm³/mol. The Labute approximate surface area is 123 Å². The van der Waals surface area contributed by atoms with Crippen LogP contribution in [-0.4, -0.2) is 47.7 Å². The van der Waals surface area contributed by atoms with Gasteiger partial charge in [0.05, 0.1) is 13.2 Å². The Balaban J connectivity index is 2.26. The summed E-state index contributed by atoms with van der Waals surface area (Å²) in [6, 6.07) is -0.308. The maximum Gasteiger partial charge on any atom is 0.245 e. The summed E-state index contributed by atoms with van der Waals surface area (Å²) in [5.74, 6) is 0.631. The number of amides is 1. The Bertz CT molecular complexity index is 495. The third kappa shape index (κ3) is 3.37. The first-order chi connectivity index (χ1) is 9.49. The Morgan fingerprint density at radius 3 is 3.05 bits per heavy atom. The van der Waals surface area contributed by atoms with Gasteiger partial charge in [0.1, 0.15) is 11.9 Å². The molecule has 1 aromatic rings. The average molecular weight is 299 g/mol. The van der Waals surface area contributed by atoms with Crippen molar-refractivity contribution in [2.24, 2.45) is 0 Å². The minimum absolute atomic E-state index is 0.0613. The van der Waals surface area contributed by atoms with Crippen LogP contribution in [0.4, 0.5) is 5.82 Å². The summed E-state index contributed by atoms with van der Waals surface area (Å²) >= 11 is 5.87. The van der Waals surface area contributed by atoms with Crippen molar-refractivity contribution in [1.29, 1.82) is 0 Å². The lowest BCUT2D eigenvalue weighted by Gasteiger charge is -2.36. The third-order valence-corrected chi connectivity index (χ3v) is 3.23. The van der Waals surface area contributed by atoms with Gasteiger partial charge in [0, 0.05) is 24.3 Å². The number of aryl methyl sites for hydroxylation is 1. The van der Waals surface area contributed by atoms with Crippen LogP contribution in [0.5, 0.6) is 0 Å². The lowest BCUT2D eigenvalue weighted by atomic mass is 10.1. The zero-order valence-electron chi connectivity index (χ0n) is 11.9. The minimum Gasteiger partial charge on any atom is -0.377 e. The molecule has 20 heavy (non-hydrogen) atoms.